The van der Waals surface area contributed by atoms with Crippen molar-refractivity contribution in [2.24, 2.45) is 0 Å². The van der Waals surface area contributed by atoms with Crippen molar-refractivity contribution in [3.05, 3.63) is 64.6 Å². The molecule has 0 saturated carbocycles. The van der Waals surface area contributed by atoms with Crippen LogP contribution in [0.5, 0.6) is 0 Å². The Labute approximate surface area is 136 Å². The Hall–Kier alpha value is -1.50. The van der Waals surface area contributed by atoms with Crippen LogP contribution in [-0.2, 0) is 0 Å². The Morgan fingerprint density at radius 2 is 1.57 bits per heavy atom. The monoisotopic (exact) mass is 357 g/mol. The zero-order valence-corrected chi connectivity index (χ0v) is 15.2. The van der Waals surface area contributed by atoms with Crippen LogP contribution in [0.3, 0.4) is 0 Å². The topological polar surface area (TPSA) is 12.0 Å². The van der Waals surface area contributed by atoms with Gasteiger partial charge in [0, 0.05) is 10.2 Å². The second-order valence-corrected chi connectivity index (χ2v) is 11.7. The van der Waals surface area contributed by atoms with Crippen molar-refractivity contribution >= 4 is 29.7 Å². The molecule has 21 heavy (non-hydrogen) atoms. The zero-order chi connectivity index (χ0) is 15.3. The van der Waals surface area contributed by atoms with Gasteiger partial charge in [0.05, 0.1) is 0 Å². The largest absolute Gasteiger partial charge is 0.368 e. The summed E-state index contributed by atoms with van der Waals surface area (Å²) in [7, 11) is -1.39. The van der Waals surface area contributed by atoms with Crippen molar-refractivity contribution in [1.82, 2.24) is 0 Å². The standard InChI is InChI=1S/C18H20BrNSi/c1-21(2,3)14-13-18(15-9-11-16(19)12-10-15)20-17-7-5-4-6-8-17/h4-12,18,20H,1-3H3. The first-order valence-electron chi connectivity index (χ1n) is 7.04. The van der Waals surface area contributed by atoms with Gasteiger partial charge in [0.15, 0.2) is 0 Å². The van der Waals surface area contributed by atoms with Crippen molar-refractivity contribution in [3.8, 4) is 11.5 Å². The number of nitrogens with one attached hydrogen (secondary N) is 1. The SMILES string of the molecule is C[Si](C)(C)C#CC(Nc1ccccc1)c1ccc(Br)cc1. The molecular formula is C18H20BrNSi. The average Bonchev–Trinajstić information content (AvgIpc) is 2.45. The predicted molar refractivity (Wildman–Crippen MR) is 98.1 cm³/mol. The second-order valence-electron chi connectivity index (χ2n) is 6.01. The van der Waals surface area contributed by atoms with E-state index in [1.54, 1.807) is 0 Å². The number of benzene rings is 2. The third-order valence-electron chi connectivity index (χ3n) is 2.88. The summed E-state index contributed by atoms with van der Waals surface area (Å²) in [6.07, 6.45) is 0. The van der Waals surface area contributed by atoms with Gasteiger partial charge in [0.1, 0.15) is 14.1 Å². The Morgan fingerprint density at radius 3 is 2.14 bits per heavy atom. The van der Waals surface area contributed by atoms with Crippen LogP contribution in [0.25, 0.3) is 0 Å². The molecule has 0 aliphatic heterocycles. The lowest BCUT2D eigenvalue weighted by Gasteiger charge is -2.16. The van der Waals surface area contributed by atoms with Crippen molar-refractivity contribution in [1.29, 1.82) is 0 Å². The van der Waals surface area contributed by atoms with E-state index in [1.165, 1.54) is 5.56 Å². The first-order chi connectivity index (χ1) is 9.94. The summed E-state index contributed by atoms with van der Waals surface area (Å²) in [5.41, 5.74) is 5.75. The van der Waals surface area contributed by atoms with Gasteiger partial charge >= 0.3 is 0 Å². The molecule has 3 heteroatoms. The van der Waals surface area contributed by atoms with Gasteiger partial charge in [0.25, 0.3) is 0 Å². The Morgan fingerprint density at radius 1 is 0.952 bits per heavy atom. The molecule has 0 radical (unpaired) electrons. The first-order valence-corrected chi connectivity index (χ1v) is 11.3. The molecule has 1 nitrogen and oxygen atoms in total. The van der Waals surface area contributed by atoms with Gasteiger partial charge in [-0.15, -0.1) is 5.54 Å². The number of hydrogen-bond donors (Lipinski definition) is 1. The molecule has 1 unspecified atom stereocenters. The van der Waals surface area contributed by atoms with Crippen LogP contribution in [-0.4, -0.2) is 8.07 Å². The highest BCUT2D eigenvalue weighted by Crippen LogP contribution is 2.21. The quantitative estimate of drug-likeness (QED) is 0.566. The Kier molecular flexibility index (Phi) is 5.27. The lowest BCUT2D eigenvalue weighted by atomic mass is 10.1. The molecule has 0 saturated heterocycles. The predicted octanol–water partition coefficient (Wildman–Crippen LogP) is 5.48. The van der Waals surface area contributed by atoms with Crippen molar-refractivity contribution in [3.63, 3.8) is 0 Å². The second kappa shape index (κ2) is 6.97. The van der Waals surface area contributed by atoms with Gasteiger partial charge in [-0.25, -0.2) is 0 Å². The fraction of sp³-hybridized carbons (Fsp3) is 0.222. The van der Waals surface area contributed by atoms with E-state index >= 15 is 0 Å². The lowest BCUT2D eigenvalue weighted by Crippen LogP contribution is -2.18. The van der Waals surface area contributed by atoms with Crippen LogP contribution in [0, 0.1) is 11.5 Å². The van der Waals surface area contributed by atoms with E-state index in [-0.39, 0.29) is 6.04 Å². The van der Waals surface area contributed by atoms with Crippen LogP contribution in [0.1, 0.15) is 11.6 Å². The number of hydrogen-bond acceptors (Lipinski definition) is 1. The van der Waals surface area contributed by atoms with Crippen LogP contribution in [0.15, 0.2) is 59.1 Å². The number of rotatable bonds is 3. The maximum Gasteiger partial charge on any atom is 0.129 e. The van der Waals surface area contributed by atoms with Gasteiger partial charge in [-0.1, -0.05) is 71.8 Å². The summed E-state index contributed by atoms with van der Waals surface area (Å²) in [5.74, 6) is 3.43. The molecule has 0 amide bonds. The maximum atomic E-state index is 3.52. The minimum Gasteiger partial charge on any atom is -0.368 e. The average molecular weight is 358 g/mol. The molecule has 0 aromatic heterocycles. The molecule has 0 bridgehead atoms. The van der Waals surface area contributed by atoms with Gasteiger partial charge in [-0.3, -0.25) is 0 Å². The van der Waals surface area contributed by atoms with E-state index in [1.807, 2.05) is 18.2 Å². The molecular weight excluding hydrogens is 338 g/mol. The molecule has 108 valence electrons. The molecule has 2 rings (SSSR count). The zero-order valence-electron chi connectivity index (χ0n) is 12.7. The molecule has 0 aliphatic carbocycles. The minimum absolute atomic E-state index is 0.0206. The third-order valence-corrected chi connectivity index (χ3v) is 4.30. The molecule has 1 atom stereocenters. The highest BCUT2D eigenvalue weighted by molar-refractivity contribution is 9.10. The van der Waals surface area contributed by atoms with Crippen LogP contribution >= 0.6 is 15.9 Å². The smallest absolute Gasteiger partial charge is 0.129 e. The molecule has 0 heterocycles. The van der Waals surface area contributed by atoms with Gasteiger partial charge in [0.2, 0.25) is 0 Å². The van der Waals surface area contributed by atoms with Crippen molar-refractivity contribution < 1.29 is 0 Å². The fourth-order valence-corrected chi connectivity index (χ4v) is 2.69. The first kappa shape index (κ1) is 15.9. The number of anilines is 1. The van der Waals surface area contributed by atoms with Crippen LogP contribution in [0.2, 0.25) is 19.6 Å². The third kappa shape index (κ3) is 5.41. The fourth-order valence-electron chi connectivity index (χ4n) is 1.85. The Bertz CT molecular complexity index is 633. The molecule has 2 aromatic carbocycles. The highest BCUT2D eigenvalue weighted by Gasteiger charge is 2.12. The van der Waals surface area contributed by atoms with E-state index in [9.17, 15) is 0 Å². The number of para-hydroxylation sites is 1. The van der Waals surface area contributed by atoms with Crippen LogP contribution in [0.4, 0.5) is 5.69 Å². The van der Waals surface area contributed by atoms with Gasteiger partial charge in [-0.2, -0.15) is 0 Å². The Balaban J connectivity index is 2.29. The summed E-state index contributed by atoms with van der Waals surface area (Å²) in [4.78, 5) is 0. The van der Waals surface area contributed by atoms with Gasteiger partial charge < -0.3 is 5.32 Å². The summed E-state index contributed by atoms with van der Waals surface area (Å²) in [6.45, 7) is 6.80. The van der Waals surface area contributed by atoms with Gasteiger partial charge in [-0.05, 0) is 29.8 Å². The molecule has 0 aliphatic rings. The number of halogens is 1. The molecule has 0 spiro atoms. The summed E-state index contributed by atoms with van der Waals surface area (Å²) in [6, 6.07) is 18.6. The normalized spacial score (nSPS) is 12.2. The van der Waals surface area contributed by atoms with Crippen molar-refractivity contribution in [2.45, 2.75) is 25.7 Å². The van der Waals surface area contributed by atoms with Crippen molar-refractivity contribution in [2.75, 3.05) is 5.32 Å². The molecule has 2 aromatic rings. The lowest BCUT2D eigenvalue weighted by molar-refractivity contribution is 1.02. The summed E-state index contributed by atoms with van der Waals surface area (Å²) in [5, 5.41) is 3.52. The van der Waals surface area contributed by atoms with E-state index in [0.29, 0.717) is 0 Å². The van der Waals surface area contributed by atoms with E-state index in [0.717, 1.165) is 10.2 Å². The maximum absolute atomic E-state index is 3.52. The summed E-state index contributed by atoms with van der Waals surface area (Å²) < 4.78 is 1.09. The van der Waals surface area contributed by atoms with E-state index < -0.39 is 8.07 Å². The molecule has 0 fully saturated rings. The highest BCUT2D eigenvalue weighted by atomic mass is 79.9. The van der Waals surface area contributed by atoms with E-state index in [2.05, 4.69) is 88.8 Å². The summed E-state index contributed by atoms with van der Waals surface area (Å²) >= 11 is 3.48. The molecule has 1 N–H and O–H groups in total. The minimum atomic E-state index is -1.39. The van der Waals surface area contributed by atoms with Crippen LogP contribution < -0.4 is 5.32 Å². The van der Waals surface area contributed by atoms with E-state index in [4.69, 9.17) is 0 Å².